The van der Waals surface area contributed by atoms with Crippen molar-refractivity contribution in [1.29, 1.82) is 0 Å². The number of aliphatic hydroxyl groups is 1. The number of ether oxygens (including phenoxy) is 1. The van der Waals surface area contributed by atoms with E-state index in [0.29, 0.717) is 19.4 Å². The highest BCUT2D eigenvalue weighted by atomic mass is 16.5. The van der Waals surface area contributed by atoms with Gasteiger partial charge in [-0.1, -0.05) is 6.07 Å². The maximum Gasteiger partial charge on any atom is 0.0960 e. The second-order valence-corrected chi connectivity index (χ2v) is 5.32. The van der Waals surface area contributed by atoms with Crippen LogP contribution in [0, 0.1) is 6.92 Å². The SMILES string of the molecule is Cc1cncc(C2(O)CCOC(C)(C)C2)c1. The molecule has 1 atom stereocenters. The van der Waals surface area contributed by atoms with E-state index in [9.17, 15) is 5.11 Å². The average Bonchev–Trinajstić information content (AvgIpc) is 2.15. The molecule has 3 heteroatoms. The molecule has 3 nitrogen and oxygen atoms in total. The predicted octanol–water partition coefficient (Wildman–Crippen LogP) is 2.17. The Morgan fingerprint density at radius 2 is 2.12 bits per heavy atom. The molecular weight excluding hydrogens is 202 g/mol. The first kappa shape index (κ1) is 11.6. The van der Waals surface area contributed by atoms with Gasteiger partial charge in [0, 0.05) is 30.8 Å². The van der Waals surface area contributed by atoms with Crippen molar-refractivity contribution < 1.29 is 9.84 Å². The minimum Gasteiger partial charge on any atom is -0.385 e. The van der Waals surface area contributed by atoms with Crippen molar-refractivity contribution >= 4 is 0 Å². The zero-order valence-electron chi connectivity index (χ0n) is 10.2. The van der Waals surface area contributed by atoms with Gasteiger partial charge in [-0.05, 0) is 26.3 Å². The van der Waals surface area contributed by atoms with E-state index in [4.69, 9.17) is 4.74 Å². The zero-order chi connectivity index (χ0) is 11.8. The molecule has 1 fully saturated rings. The highest BCUT2D eigenvalue weighted by molar-refractivity contribution is 5.24. The first-order valence-corrected chi connectivity index (χ1v) is 5.70. The van der Waals surface area contributed by atoms with Gasteiger partial charge in [-0.15, -0.1) is 0 Å². The van der Waals surface area contributed by atoms with Crippen molar-refractivity contribution in [3.63, 3.8) is 0 Å². The van der Waals surface area contributed by atoms with E-state index in [1.54, 1.807) is 12.4 Å². The van der Waals surface area contributed by atoms with Gasteiger partial charge < -0.3 is 9.84 Å². The number of hydrogen-bond acceptors (Lipinski definition) is 3. The maximum absolute atomic E-state index is 10.7. The molecule has 1 unspecified atom stereocenters. The Labute approximate surface area is 96.5 Å². The monoisotopic (exact) mass is 221 g/mol. The van der Waals surface area contributed by atoms with E-state index in [-0.39, 0.29) is 5.60 Å². The fourth-order valence-corrected chi connectivity index (χ4v) is 2.40. The van der Waals surface area contributed by atoms with Crippen molar-refractivity contribution in [3.8, 4) is 0 Å². The fraction of sp³-hybridized carbons (Fsp3) is 0.615. The summed E-state index contributed by atoms with van der Waals surface area (Å²) in [7, 11) is 0. The molecule has 2 rings (SSSR count). The van der Waals surface area contributed by atoms with Crippen molar-refractivity contribution in [3.05, 3.63) is 29.6 Å². The number of aromatic nitrogens is 1. The van der Waals surface area contributed by atoms with Gasteiger partial charge in [0.15, 0.2) is 0 Å². The van der Waals surface area contributed by atoms with E-state index in [1.165, 1.54) is 0 Å². The highest BCUT2D eigenvalue weighted by Gasteiger charge is 2.40. The van der Waals surface area contributed by atoms with Crippen LogP contribution in [-0.4, -0.2) is 22.3 Å². The first-order chi connectivity index (χ1) is 7.41. The molecule has 0 aliphatic carbocycles. The molecule has 2 heterocycles. The smallest absolute Gasteiger partial charge is 0.0960 e. The van der Waals surface area contributed by atoms with Crippen molar-refractivity contribution in [2.45, 2.75) is 44.8 Å². The lowest BCUT2D eigenvalue weighted by Gasteiger charge is -2.41. The highest BCUT2D eigenvalue weighted by Crippen LogP contribution is 2.39. The summed E-state index contributed by atoms with van der Waals surface area (Å²) in [6, 6.07) is 2.01. The molecule has 1 aliphatic heterocycles. The Hall–Kier alpha value is -0.930. The molecule has 16 heavy (non-hydrogen) atoms. The van der Waals surface area contributed by atoms with Crippen LogP contribution in [0.3, 0.4) is 0 Å². The number of pyridine rings is 1. The molecule has 1 aromatic heterocycles. The molecule has 0 saturated carbocycles. The van der Waals surface area contributed by atoms with E-state index in [0.717, 1.165) is 11.1 Å². The first-order valence-electron chi connectivity index (χ1n) is 5.70. The Morgan fingerprint density at radius 3 is 2.75 bits per heavy atom. The summed E-state index contributed by atoms with van der Waals surface area (Å²) in [6.45, 7) is 6.61. The van der Waals surface area contributed by atoms with Crippen LogP contribution < -0.4 is 0 Å². The van der Waals surface area contributed by atoms with E-state index in [2.05, 4.69) is 4.98 Å². The quantitative estimate of drug-likeness (QED) is 0.790. The van der Waals surface area contributed by atoms with Crippen molar-refractivity contribution in [2.24, 2.45) is 0 Å². The second kappa shape index (κ2) is 3.82. The summed E-state index contributed by atoms with van der Waals surface area (Å²) in [5, 5.41) is 10.7. The van der Waals surface area contributed by atoms with E-state index in [1.807, 2.05) is 26.8 Å². The van der Waals surface area contributed by atoms with Crippen molar-refractivity contribution in [2.75, 3.05) is 6.61 Å². The van der Waals surface area contributed by atoms with Crippen LogP contribution in [0.15, 0.2) is 18.5 Å². The van der Waals surface area contributed by atoms with Gasteiger partial charge in [0.05, 0.1) is 17.8 Å². The van der Waals surface area contributed by atoms with Crippen LogP contribution in [0.2, 0.25) is 0 Å². The standard InChI is InChI=1S/C13H19NO2/c1-10-6-11(8-14-7-10)13(15)4-5-16-12(2,3)9-13/h6-8,15H,4-5,9H2,1-3H3. The number of rotatable bonds is 1. The topological polar surface area (TPSA) is 42.4 Å². The molecule has 1 saturated heterocycles. The summed E-state index contributed by atoms with van der Waals surface area (Å²) in [4.78, 5) is 4.15. The Bertz CT molecular complexity index is 389. The molecule has 0 spiro atoms. The summed E-state index contributed by atoms with van der Waals surface area (Å²) >= 11 is 0. The van der Waals surface area contributed by atoms with Crippen LogP contribution >= 0.6 is 0 Å². The Balaban J connectivity index is 2.31. The van der Waals surface area contributed by atoms with E-state index < -0.39 is 5.60 Å². The number of aryl methyl sites for hydroxylation is 1. The molecular formula is C13H19NO2. The molecule has 0 bridgehead atoms. The van der Waals surface area contributed by atoms with E-state index >= 15 is 0 Å². The lowest BCUT2D eigenvalue weighted by molar-refractivity contribution is -0.148. The normalized spacial score (nSPS) is 29.0. The lowest BCUT2D eigenvalue weighted by atomic mass is 9.80. The lowest BCUT2D eigenvalue weighted by Crippen LogP contribution is -2.43. The molecule has 1 N–H and O–H groups in total. The van der Waals surface area contributed by atoms with Crippen LogP contribution in [0.25, 0.3) is 0 Å². The van der Waals surface area contributed by atoms with Crippen LogP contribution in [0.5, 0.6) is 0 Å². The molecule has 0 aromatic carbocycles. The van der Waals surface area contributed by atoms with Gasteiger partial charge in [-0.25, -0.2) is 0 Å². The molecule has 1 aromatic rings. The van der Waals surface area contributed by atoms with Crippen LogP contribution in [0.1, 0.15) is 37.8 Å². The van der Waals surface area contributed by atoms with Gasteiger partial charge in [-0.3, -0.25) is 4.98 Å². The zero-order valence-corrected chi connectivity index (χ0v) is 10.2. The minimum absolute atomic E-state index is 0.267. The van der Waals surface area contributed by atoms with Gasteiger partial charge in [0.25, 0.3) is 0 Å². The predicted molar refractivity (Wildman–Crippen MR) is 62.1 cm³/mol. The third kappa shape index (κ3) is 2.25. The average molecular weight is 221 g/mol. The largest absolute Gasteiger partial charge is 0.385 e. The van der Waals surface area contributed by atoms with Crippen LogP contribution in [0.4, 0.5) is 0 Å². The third-order valence-corrected chi connectivity index (χ3v) is 3.14. The maximum atomic E-state index is 10.7. The summed E-state index contributed by atoms with van der Waals surface area (Å²) in [6.07, 6.45) is 4.82. The Kier molecular flexibility index (Phi) is 2.76. The number of nitrogens with zero attached hydrogens (tertiary/aromatic N) is 1. The fourth-order valence-electron chi connectivity index (χ4n) is 2.40. The molecule has 1 aliphatic rings. The van der Waals surface area contributed by atoms with Gasteiger partial charge >= 0.3 is 0 Å². The summed E-state index contributed by atoms with van der Waals surface area (Å²) < 4.78 is 5.63. The Morgan fingerprint density at radius 1 is 1.38 bits per heavy atom. The molecule has 0 amide bonds. The summed E-state index contributed by atoms with van der Waals surface area (Å²) in [5.74, 6) is 0. The second-order valence-electron chi connectivity index (χ2n) is 5.32. The van der Waals surface area contributed by atoms with Crippen molar-refractivity contribution in [1.82, 2.24) is 4.98 Å². The van der Waals surface area contributed by atoms with Gasteiger partial charge in [-0.2, -0.15) is 0 Å². The third-order valence-electron chi connectivity index (χ3n) is 3.14. The minimum atomic E-state index is -0.791. The van der Waals surface area contributed by atoms with Crippen LogP contribution in [-0.2, 0) is 10.3 Å². The van der Waals surface area contributed by atoms with Gasteiger partial charge in [0.1, 0.15) is 0 Å². The number of hydrogen-bond donors (Lipinski definition) is 1. The van der Waals surface area contributed by atoms with Gasteiger partial charge in [0.2, 0.25) is 0 Å². The molecule has 88 valence electrons. The molecule has 0 radical (unpaired) electrons. The summed E-state index contributed by atoms with van der Waals surface area (Å²) in [5.41, 5.74) is 0.927.